The van der Waals surface area contributed by atoms with Crippen LogP contribution in [0.15, 0.2) is 24.3 Å². The molecule has 0 spiro atoms. The number of nitrogens with one attached hydrogen (secondary N) is 1. The summed E-state index contributed by atoms with van der Waals surface area (Å²) >= 11 is 6.11. The molecule has 5 heteroatoms. The maximum atomic E-state index is 12.0. The highest BCUT2D eigenvalue weighted by molar-refractivity contribution is 6.30. The minimum Gasteiger partial charge on any atom is -0.478 e. The van der Waals surface area contributed by atoms with Crippen molar-refractivity contribution in [1.82, 2.24) is 9.88 Å². The lowest BCUT2D eigenvalue weighted by Gasteiger charge is -2.29. The van der Waals surface area contributed by atoms with Gasteiger partial charge in [0.2, 0.25) is 0 Å². The van der Waals surface area contributed by atoms with Crippen LogP contribution in [0.4, 0.5) is 0 Å². The molecule has 1 aromatic carbocycles. The van der Waals surface area contributed by atoms with Gasteiger partial charge in [0.05, 0.1) is 5.56 Å². The molecule has 146 valence electrons. The van der Waals surface area contributed by atoms with E-state index in [0.29, 0.717) is 35.6 Å². The predicted octanol–water partition coefficient (Wildman–Crippen LogP) is 5.17. The Kier molecular flexibility index (Phi) is 6.28. The quantitative estimate of drug-likeness (QED) is 0.717. The molecule has 0 saturated heterocycles. The Bertz CT molecular complexity index is 828. The van der Waals surface area contributed by atoms with Crippen LogP contribution in [0.2, 0.25) is 5.02 Å². The van der Waals surface area contributed by atoms with Crippen molar-refractivity contribution in [2.24, 2.45) is 5.92 Å². The van der Waals surface area contributed by atoms with Gasteiger partial charge >= 0.3 is 5.97 Å². The van der Waals surface area contributed by atoms with E-state index in [9.17, 15) is 9.90 Å². The third-order valence-corrected chi connectivity index (χ3v) is 6.24. The molecule has 3 rings (SSSR count). The van der Waals surface area contributed by atoms with Crippen molar-refractivity contribution in [3.05, 3.63) is 57.4 Å². The lowest BCUT2D eigenvalue weighted by Crippen LogP contribution is -2.37. The van der Waals surface area contributed by atoms with Crippen LogP contribution in [-0.2, 0) is 13.1 Å². The fourth-order valence-electron chi connectivity index (χ4n) is 4.36. The number of hydrogen-bond donors (Lipinski definition) is 2. The Morgan fingerprint density at radius 2 is 2.00 bits per heavy atom. The van der Waals surface area contributed by atoms with Crippen LogP contribution in [0.5, 0.6) is 0 Å². The van der Waals surface area contributed by atoms with Crippen LogP contribution in [-0.4, -0.2) is 21.7 Å². The van der Waals surface area contributed by atoms with Crippen LogP contribution < -0.4 is 5.32 Å². The molecule has 0 aliphatic heterocycles. The number of aromatic carboxylic acids is 1. The minimum absolute atomic E-state index is 0.436. The van der Waals surface area contributed by atoms with E-state index in [1.165, 1.54) is 25.7 Å². The average Bonchev–Trinajstić information content (AvgIpc) is 2.85. The number of carboxylic acids is 1. The van der Waals surface area contributed by atoms with E-state index in [1.807, 2.05) is 38.1 Å². The largest absolute Gasteiger partial charge is 0.478 e. The van der Waals surface area contributed by atoms with Gasteiger partial charge in [-0.15, -0.1) is 0 Å². The summed E-state index contributed by atoms with van der Waals surface area (Å²) in [6, 6.07) is 8.20. The summed E-state index contributed by atoms with van der Waals surface area (Å²) in [6.45, 7) is 7.43. The lowest BCUT2D eigenvalue weighted by molar-refractivity contribution is 0.0694. The topological polar surface area (TPSA) is 54.3 Å². The molecule has 4 nitrogen and oxygen atoms in total. The highest BCUT2D eigenvalue weighted by Gasteiger charge is 2.25. The van der Waals surface area contributed by atoms with Gasteiger partial charge in [0.1, 0.15) is 0 Å². The van der Waals surface area contributed by atoms with E-state index in [0.717, 1.165) is 22.5 Å². The van der Waals surface area contributed by atoms with Crippen molar-refractivity contribution in [2.75, 3.05) is 0 Å². The maximum Gasteiger partial charge on any atom is 0.337 e. The minimum atomic E-state index is -0.853. The number of carboxylic acid groups (broad SMARTS) is 1. The fourth-order valence-corrected chi connectivity index (χ4v) is 4.57. The molecule has 1 fully saturated rings. The normalized spacial score (nSPS) is 20.0. The number of aromatic nitrogens is 1. The molecule has 1 aliphatic carbocycles. The molecule has 27 heavy (non-hydrogen) atoms. The lowest BCUT2D eigenvalue weighted by atomic mass is 9.86. The van der Waals surface area contributed by atoms with Crippen molar-refractivity contribution < 1.29 is 9.90 Å². The second kappa shape index (κ2) is 8.49. The molecular weight excluding hydrogens is 360 g/mol. The van der Waals surface area contributed by atoms with Gasteiger partial charge in [0.15, 0.2) is 0 Å². The second-order valence-corrected chi connectivity index (χ2v) is 8.23. The summed E-state index contributed by atoms with van der Waals surface area (Å²) in [5.41, 5.74) is 4.22. The van der Waals surface area contributed by atoms with E-state index in [4.69, 9.17) is 11.6 Å². The number of halogens is 1. The molecule has 2 atom stereocenters. The number of nitrogens with zero attached hydrogens (tertiary/aromatic N) is 1. The van der Waals surface area contributed by atoms with Gasteiger partial charge < -0.3 is 15.0 Å². The Morgan fingerprint density at radius 3 is 2.67 bits per heavy atom. The molecule has 0 amide bonds. The molecular formula is C22H29ClN2O2. The second-order valence-electron chi connectivity index (χ2n) is 7.79. The zero-order valence-corrected chi connectivity index (χ0v) is 17.1. The smallest absolute Gasteiger partial charge is 0.337 e. The van der Waals surface area contributed by atoms with E-state index in [2.05, 4.69) is 16.8 Å². The van der Waals surface area contributed by atoms with Crippen molar-refractivity contribution in [3.63, 3.8) is 0 Å². The van der Waals surface area contributed by atoms with Gasteiger partial charge in [-0.3, -0.25) is 0 Å². The van der Waals surface area contributed by atoms with Crippen LogP contribution >= 0.6 is 11.6 Å². The van der Waals surface area contributed by atoms with E-state index < -0.39 is 5.97 Å². The van der Waals surface area contributed by atoms with E-state index in [-0.39, 0.29) is 0 Å². The van der Waals surface area contributed by atoms with Gasteiger partial charge in [-0.1, -0.05) is 43.5 Å². The molecule has 2 aromatic rings. The molecule has 0 bridgehead atoms. The van der Waals surface area contributed by atoms with Crippen LogP contribution in [0.1, 0.15) is 65.5 Å². The standard InChI is InChI=1S/C22H29ClN2O2/c1-14-7-4-5-10-20(14)24-12-19-15(2)25(16(3)21(19)22(26)27)13-17-8-6-9-18(23)11-17/h6,8-9,11,14,20,24H,4-5,7,10,12-13H2,1-3H3,(H,26,27)/t14-,20+/m0/s1. The zero-order chi connectivity index (χ0) is 19.6. The Morgan fingerprint density at radius 1 is 1.26 bits per heavy atom. The maximum absolute atomic E-state index is 12.0. The number of hydrogen-bond acceptors (Lipinski definition) is 2. The highest BCUT2D eigenvalue weighted by Crippen LogP contribution is 2.27. The summed E-state index contributed by atoms with van der Waals surface area (Å²) in [5, 5.41) is 14.2. The number of carbonyl (C=O) groups is 1. The molecule has 0 radical (unpaired) electrons. The predicted molar refractivity (Wildman–Crippen MR) is 110 cm³/mol. The first kappa shape index (κ1) is 20.0. The van der Waals surface area contributed by atoms with Gasteiger partial charge in [-0.05, 0) is 50.3 Å². The average molecular weight is 389 g/mol. The number of benzene rings is 1. The third-order valence-electron chi connectivity index (χ3n) is 6.01. The molecule has 1 aromatic heterocycles. The SMILES string of the molecule is Cc1c(CN[C@@H]2CCCC[C@@H]2C)c(C(=O)O)c(C)n1Cc1cccc(Cl)c1. The van der Waals surface area contributed by atoms with Gasteiger partial charge in [0.25, 0.3) is 0 Å². The van der Waals surface area contributed by atoms with E-state index in [1.54, 1.807) is 0 Å². The zero-order valence-electron chi connectivity index (χ0n) is 16.4. The molecule has 1 saturated carbocycles. The monoisotopic (exact) mass is 388 g/mol. The molecule has 1 heterocycles. The summed E-state index contributed by atoms with van der Waals surface area (Å²) in [5.74, 6) is -0.212. The van der Waals surface area contributed by atoms with Gasteiger partial charge in [-0.25, -0.2) is 4.79 Å². The summed E-state index contributed by atoms with van der Waals surface area (Å²) in [7, 11) is 0. The van der Waals surface area contributed by atoms with Crippen molar-refractivity contribution in [1.29, 1.82) is 0 Å². The number of rotatable bonds is 6. The first-order valence-corrected chi connectivity index (χ1v) is 10.2. The molecule has 2 N–H and O–H groups in total. The van der Waals surface area contributed by atoms with Gasteiger partial charge in [0, 0.05) is 41.1 Å². The highest BCUT2D eigenvalue weighted by atomic mass is 35.5. The van der Waals surface area contributed by atoms with E-state index >= 15 is 0 Å². The fraction of sp³-hybridized carbons (Fsp3) is 0.500. The summed E-state index contributed by atoms with van der Waals surface area (Å²) in [4.78, 5) is 12.0. The summed E-state index contributed by atoms with van der Waals surface area (Å²) < 4.78 is 2.09. The first-order valence-electron chi connectivity index (χ1n) is 9.78. The Labute approximate surface area is 166 Å². The third kappa shape index (κ3) is 4.39. The van der Waals surface area contributed by atoms with Crippen molar-refractivity contribution in [2.45, 2.75) is 65.6 Å². The van der Waals surface area contributed by atoms with Gasteiger partial charge in [-0.2, -0.15) is 0 Å². The van der Waals surface area contributed by atoms with Crippen LogP contribution in [0.25, 0.3) is 0 Å². The molecule has 1 aliphatic rings. The van der Waals surface area contributed by atoms with Crippen molar-refractivity contribution >= 4 is 17.6 Å². The van der Waals surface area contributed by atoms with Crippen LogP contribution in [0, 0.1) is 19.8 Å². The first-order chi connectivity index (χ1) is 12.9. The Balaban J connectivity index is 1.87. The molecule has 0 unspecified atom stereocenters. The van der Waals surface area contributed by atoms with Crippen LogP contribution in [0.3, 0.4) is 0 Å². The van der Waals surface area contributed by atoms with Crippen molar-refractivity contribution in [3.8, 4) is 0 Å². The Hall–Kier alpha value is -1.78. The summed E-state index contributed by atoms with van der Waals surface area (Å²) in [6.07, 6.45) is 4.97.